The van der Waals surface area contributed by atoms with Crippen molar-refractivity contribution >= 4 is 23.2 Å². The predicted molar refractivity (Wildman–Crippen MR) is 132 cm³/mol. The number of aromatic nitrogens is 1. The van der Waals surface area contributed by atoms with E-state index in [4.69, 9.17) is 4.74 Å². The first-order chi connectivity index (χ1) is 15.6. The molecule has 1 aliphatic heterocycles. The Morgan fingerprint density at radius 2 is 2.00 bits per heavy atom. The van der Waals surface area contributed by atoms with E-state index in [0.717, 1.165) is 17.2 Å². The Morgan fingerprint density at radius 3 is 2.64 bits per heavy atom. The lowest BCUT2D eigenvalue weighted by Gasteiger charge is -2.33. The summed E-state index contributed by atoms with van der Waals surface area (Å²) in [6, 6.07) is 7.29. The zero-order valence-electron chi connectivity index (χ0n) is 20.4. The van der Waals surface area contributed by atoms with Crippen molar-refractivity contribution in [3.63, 3.8) is 0 Å². The number of thiazole rings is 1. The molecule has 2 heterocycles. The molecule has 3 rings (SSSR count). The fourth-order valence-corrected chi connectivity index (χ4v) is 4.86. The number of piperidine rings is 1. The summed E-state index contributed by atoms with van der Waals surface area (Å²) >= 11 is 1.59. The van der Waals surface area contributed by atoms with Gasteiger partial charge in [0.05, 0.1) is 10.7 Å². The van der Waals surface area contributed by atoms with Gasteiger partial charge >= 0.3 is 0 Å². The smallest absolute Gasteiger partial charge is 0.253 e. The molecule has 0 saturated carbocycles. The number of nitrogens with one attached hydrogen (secondary N) is 1. The number of likely N-dealkylation sites (tertiary alicyclic amines) is 1. The lowest BCUT2D eigenvalue weighted by Crippen LogP contribution is -2.46. The van der Waals surface area contributed by atoms with Gasteiger partial charge in [0.2, 0.25) is 5.91 Å². The van der Waals surface area contributed by atoms with Crippen molar-refractivity contribution in [3.05, 3.63) is 45.9 Å². The molecule has 0 bridgehead atoms. The highest BCUT2D eigenvalue weighted by Gasteiger charge is 2.29. The molecular formula is C25H36N4O3S. The highest BCUT2D eigenvalue weighted by Crippen LogP contribution is 2.22. The van der Waals surface area contributed by atoms with Gasteiger partial charge in [-0.3, -0.25) is 9.59 Å². The van der Waals surface area contributed by atoms with Crippen molar-refractivity contribution in [3.8, 4) is 5.75 Å². The minimum absolute atomic E-state index is 0.0151. The van der Waals surface area contributed by atoms with E-state index in [9.17, 15) is 9.59 Å². The van der Waals surface area contributed by atoms with Crippen LogP contribution in [0.25, 0.3) is 0 Å². The Hall–Kier alpha value is -2.45. The number of carbonyl (C=O) groups excluding carboxylic acids is 2. The standard InChI is InChI=1S/C25H36N4O3S/c1-18-27-21(15-33-18)14-32-22-8-6-7-20(13-22)24(31)29-11-9-19(10-12-29)23(30)26-16-25(2,3)17-28(4)5/h6-8,13,15,19H,9-12,14,16-17H2,1-5H3,(H,26,30). The lowest BCUT2D eigenvalue weighted by molar-refractivity contribution is -0.126. The lowest BCUT2D eigenvalue weighted by atomic mass is 9.91. The van der Waals surface area contributed by atoms with Gasteiger partial charge in [0, 0.05) is 43.0 Å². The Bertz CT molecular complexity index is 949. The Balaban J connectivity index is 1.48. The summed E-state index contributed by atoms with van der Waals surface area (Å²) in [7, 11) is 4.08. The zero-order chi connectivity index (χ0) is 24.0. The third kappa shape index (κ3) is 7.54. The SMILES string of the molecule is Cc1nc(COc2cccc(C(=O)N3CCC(C(=O)NCC(C)(C)CN(C)C)CC3)c2)cs1. The van der Waals surface area contributed by atoms with Crippen LogP contribution in [0.2, 0.25) is 0 Å². The number of hydrogen-bond donors (Lipinski definition) is 1. The van der Waals surface area contributed by atoms with Gasteiger partial charge in [-0.05, 0) is 57.5 Å². The van der Waals surface area contributed by atoms with E-state index in [2.05, 4.69) is 29.0 Å². The number of hydrogen-bond acceptors (Lipinski definition) is 6. The van der Waals surface area contributed by atoms with Crippen LogP contribution in [0.3, 0.4) is 0 Å². The van der Waals surface area contributed by atoms with Gasteiger partial charge in [0.25, 0.3) is 5.91 Å². The highest BCUT2D eigenvalue weighted by atomic mass is 32.1. The molecule has 2 aromatic rings. The summed E-state index contributed by atoms with van der Waals surface area (Å²) in [6.45, 7) is 9.39. The Labute approximate surface area is 201 Å². The van der Waals surface area contributed by atoms with Gasteiger partial charge in [0.15, 0.2) is 0 Å². The predicted octanol–water partition coefficient (Wildman–Crippen LogP) is 3.59. The fraction of sp³-hybridized carbons (Fsp3) is 0.560. The van der Waals surface area contributed by atoms with Gasteiger partial charge in [-0.15, -0.1) is 11.3 Å². The summed E-state index contributed by atoms with van der Waals surface area (Å²) in [6.07, 6.45) is 1.37. The van der Waals surface area contributed by atoms with Crippen molar-refractivity contribution < 1.29 is 14.3 Å². The molecule has 1 saturated heterocycles. The molecular weight excluding hydrogens is 436 g/mol. The molecule has 1 aromatic carbocycles. The second kappa shape index (κ2) is 11.1. The van der Waals surface area contributed by atoms with Gasteiger partial charge < -0.3 is 19.9 Å². The summed E-state index contributed by atoms with van der Waals surface area (Å²) in [5, 5.41) is 6.11. The van der Waals surface area contributed by atoms with Crippen LogP contribution in [0.5, 0.6) is 5.75 Å². The molecule has 1 aliphatic rings. The third-order valence-electron chi connectivity index (χ3n) is 5.77. The number of benzene rings is 1. The van der Waals surface area contributed by atoms with Crippen molar-refractivity contribution in [1.29, 1.82) is 0 Å². The maximum absolute atomic E-state index is 13.0. The number of rotatable bonds is 9. The van der Waals surface area contributed by atoms with E-state index in [0.29, 0.717) is 50.4 Å². The maximum atomic E-state index is 13.0. The van der Waals surface area contributed by atoms with Crippen LogP contribution >= 0.6 is 11.3 Å². The van der Waals surface area contributed by atoms with Crippen LogP contribution < -0.4 is 10.1 Å². The van der Waals surface area contributed by atoms with Crippen LogP contribution in [-0.2, 0) is 11.4 Å². The van der Waals surface area contributed by atoms with Gasteiger partial charge in [-0.2, -0.15) is 0 Å². The van der Waals surface area contributed by atoms with Crippen molar-refractivity contribution in [2.45, 2.75) is 40.2 Å². The molecule has 180 valence electrons. The van der Waals surface area contributed by atoms with E-state index >= 15 is 0 Å². The summed E-state index contributed by atoms with van der Waals surface area (Å²) in [5.74, 6) is 0.694. The van der Waals surface area contributed by atoms with Crippen LogP contribution in [0, 0.1) is 18.3 Å². The molecule has 1 aromatic heterocycles. The number of amides is 2. The number of aryl methyl sites for hydroxylation is 1. The number of carbonyl (C=O) groups is 2. The quantitative estimate of drug-likeness (QED) is 0.604. The molecule has 0 unspecified atom stereocenters. The van der Waals surface area contributed by atoms with E-state index in [1.54, 1.807) is 17.4 Å². The first kappa shape index (κ1) is 25.2. The second-order valence-corrected chi connectivity index (χ2v) is 10.9. The molecule has 1 fully saturated rings. The largest absolute Gasteiger partial charge is 0.487 e. The van der Waals surface area contributed by atoms with Crippen LogP contribution in [0.1, 0.15) is 47.7 Å². The monoisotopic (exact) mass is 472 g/mol. The minimum atomic E-state index is -0.0413. The van der Waals surface area contributed by atoms with Gasteiger partial charge in [0.1, 0.15) is 12.4 Å². The molecule has 0 radical (unpaired) electrons. The molecule has 1 N–H and O–H groups in total. The first-order valence-electron chi connectivity index (χ1n) is 11.5. The second-order valence-electron chi connectivity index (χ2n) is 9.86. The van der Waals surface area contributed by atoms with Crippen LogP contribution in [0.4, 0.5) is 0 Å². The Kier molecular flexibility index (Phi) is 8.48. The van der Waals surface area contributed by atoms with E-state index in [1.165, 1.54) is 0 Å². The molecule has 8 heteroatoms. The maximum Gasteiger partial charge on any atom is 0.253 e. The number of ether oxygens (including phenoxy) is 1. The highest BCUT2D eigenvalue weighted by molar-refractivity contribution is 7.09. The van der Waals surface area contributed by atoms with E-state index < -0.39 is 0 Å². The third-order valence-corrected chi connectivity index (χ3v) is 6.59. The van der Waals surface area contributed by atoms with E-state index in [-0.39, 0.29) is 23.1 Å². The van der Waals surface area contributed by atoms with Crippen LogP contribution in [-0.4, -0.2) is 66.9 Å². The molecule has 0 atom stereocenters. The fourth-order valence-electron chi connectivity index (χ4n) is 4.26. The van der Waals surface area contributed by atoms with Crippen LogP contribution in [0.15, 0.2) is 29.6 Å². The molecule has 0 aliphatic carbocycles. The first-order valence-corrected chi connectivity index (χ1v) is 12.4. The molecule has 2 amide bonds. The zero-order valence-corrected chi connectivity index (χ0v) is 21.2. The normalized spacial score (nSPS) is 15.0. The van der Waals surface area contributed by atoms with Crippen molar-refractivity contribution in [2.75, 3.05) is 40.3 Å². The molecule has 0 spiro atoms. The average molecular weight is 473 g/mol. The molecule has 33 heavy (non-hydrogen) atoms. The van der Waals surface area contributed by atoms with Gasteiger partial charge in [-0.25, -0.2) is 4.98 Å². The van der Waals surface area contributed by atoms with E-state index in [1.807, 2.05) is 49.5 Å². The summed E-state index contributed by atoms with van der Waals surface area (Å²) in [5.41, 5.74) is 1.51. The average Bonchev–Trinajstić information content (AvgIpc) is 3.20. The summed E-state index contributed by atoms with van der Waals surface area (Å²) in [4.78, 5) is 34.1. The topological polar surface area (TPSA) is 74.8 Å². The summed E-state index contributed by atoms with van der Waals surface area (Å²) < 4.78 is 5.83. The van der Waals surface area contributed by atoms with Crippen molar-refractivity contribution in [2.24, 2.45) is 11.3 Å². The molecule has 7 nitrogen and oxygen atoms in total. The minimum Gasteiger partial charge on any atom is -0.487 e. The number of nitrogens with zero attached hydrogens (tertiary/aromatic N) is 3. The Morgan fingerprint density at radius 1 is 1.27 bits per heavy atom. The van der Waals surface area contributed by atoms with Gasteiger partial charge in [-0.1, -0.05) is 19.9 Å². The van der Waals surface area contributed by atoms with Crippen molar-refractivity contribution in [1.82, 2.24) is 20.1 Å².